The SMILES string of the molecule is CC(C)NCc1cn(-c2cc([N+](=O)[O-])ccc2Br)nn1. The van der Waals surface area contributed by atoms with Crippen LogP contribution < -0.4 is 5.32 Å². The Morgan fingerprint density at radius 3 is 2.90 bits per heavy atom. The van der Waals surface area contributed by atoms with Gasteiger partial charge in [0.25, 0.3) is 5.69 Å². The zero-order valence-corrected chi connectivity index (χ0v) is 12.7. The van der Waals surface area contributed by atoms with Gasteiger partial charge < -0.3 is 5.32 Å². The van der Waals surface area contributed by atoms with E-state index in [1.54, 1.807) is 12.3 Å². The molecule has 1 N–H and O–H groups in total. The van der Waals surface area contributed by atoms with Gasteiger partial charge in [-0.25, -0.2) is 4.68 Å². The summed E-state index contributed by atoms with van der Waals surface area (Å²) in [5.41, 5.74) is 1.38. The molecule has 0 radical (unpaired) electrons. The molecule has 0 aliphatic rings. The summed E-state index contributed by atoms with van der Waals surface area (Å²) in [7, 11) is 0. The Hall–Kier alpha value is -1.80. The van der Waals surface area contributed by atoms with Crippen molar-refractivity contribution in [2.45, 2.75) is 26.4 Å². The molecule has 7 nitrogen and oxygen atoms in total. The van der Waals surface area contributed by atoms with Gasteiger partial charge in [0.15, 0.2) is 0 Å². The molecule has 0 amide bonds. The first-order valence-electron chi connectivity index (χ1n) is 6.06. The molecule has 0 saturated carbocycles. The predicted octanol–water partition coefficient (Wildman–Crippen LogP) is 2.44. The van der Waals surface area contributed by atoms with E-state index in [1.807, 2.05) is 13.8 Å². The van der Waals surface area contributed by atoms with Gasteiger partial charge in [-0.3, -0.25) is 10.1 Å². The van der Waals surface area contributed by atoms with Crippen molar-refractivity contribution in [3.8, 4) is 5.69 Å². The predicted molar refractivity (Wildman–Crippen MR) is 77.7 cm³/mol. The van der Waals surface area contributed by atoms with Crippen molar-refractivity contribution in [1.29, 1.82) is 0 Å². The lowest BCUT2D eigenvalue weighted by Crippen LogP contribution is -2.21. The molecule has 8 heteroatoms. The third-order valence-corrected chi connectivity index (χ3v) is 3.29. The van der Waals surface area contributed by atoms with Gasteiger partial charge in [-0.2, -0.15) is 0 Å². The highest BCUT2D eigenvalue weighted by Gasteiger charge is 2.12. The van der Waals surface area contributed by atoms with Gasteiger partial charge in [0, 0.05) is 29.2 Å². The number of nitrogens with zero attached hydrogens (tertiary/aromatic N) is 4. The smallest absolute Gasteiger partial charge is 0.271 e. The molecule has 106 valence electrons. The van der Waals surface area contributed by atoms with Crippen molar-refractivity contribution in [3.63, 3.8) is 0 Å². The minimum absolute atomic E-state index is 0.0144. The maximum absolute atomic E-state index is 10.8. The van der Waals surface area contributed by atoms with Crippen LogP contribution in [0.25, 0.3) is 5.69 Å². The highest BCUT2D eigenvalue weighted by molar-refractivity contribution is 9.10. The number of hydrogen-bond donors (Lipinski definition) is 1. The van der Waals surface area contributed by atoms with E-state index < -0.39 is 4.92 Å². The number of non-ortho nitro benzene ring substituents is 1. The van der Waals surface area contributed by atoms with Crippen LogP contribution in [0.4, 0.5) is 5.69 Å². The van der Waals surface area contributed by atoms with E-state index in [0.29, 0.717) is 18.3 Å². The van der Waals surface area contributed by atoms with Crippen LogP contribution in [-0.2, 0) is 6.54 Å². The molecule has 1 aromatic heterocycles. The summed E-state index contributed by atoms with van der Waals surface area (Å²) in [4.78, 5) is 10.4. The Morgan fingerprint density at radius 1 is 1.50 bits per heavy atom. The molecule has 0 aliphatic carbocycles. The summed E-state index contributed by atoms with van der Waals surface area (Å²) in [5.74, 6) is 0. The average Bonchev–Trinajstić information content (AvgIpc) is 2.85. The van der Waals surface area contributed by atoms with Crippen molar-refractivity contribution < 1.29 is 4.92 Å². The summed E-state index contributed by atoms with van der Waals surface area (Å²) >= 11 is 3.36. The largest absolute Gasteiger partial charge is 0.309 e. The molecule has 2 rings (SSSR count). The fraction of sp³-hybridized carbons (Fsp3) is 0.333. The number of benzene rings is 1. The van der Waals surface area contributed by atoms with E-state index in [1.165, 1.54) is 16.8 Å². The van der Waals surface area contributed by atoms with Crippen LogP contribution in [0.5, 0.6) is 0 Å². The molecule has 0 aliphatic heterocycles. The first-order valence-corrected chi connectivity index (χ1v) is 6.85. The van der Waals surface area contributed by atoms with Crippen LogP contribution in [-0.4, -0.2) is 26.0 Å². The molecule has 1 aromatic carbocycles. The summed E-state index contributed by atoms with van der Waals surface area (Å²) in [5, 5.41) is 22.1. The number of hydrogen-bond acceptors (Lipinski definition) is 5. The number of nitrogens with one attached hydrogen (secondary N) is 1. The van der Waals surface area contributed by atoms with E-state index in [-0.39, 0.29) is 5.69 Å². The van der Waals surface area contributed by atoms with E-state index in [9.17, 15) is 10.1 Å². The van der Waals surface area contributed by atoms with E-state index >= 15 is 0 Å². The van der Waals surface area contributed by atoms with Crippen LogP contribution in [0.2, 0.25) is 0 Å². The molecule has 0 bridgehead atoms. The highest BCUT2D eigenvalue weighted by Crippen LogP contribution is 2.25. The number of aromatic nitrogens is 3. The van der Waals surface area contributed by atoms with Crippen molar-refractivity contribution in [2.24, 2.45) is 0 Å². The Morgan fingerprint density at radius 2 is 2.25 bits per heavy atom. The maximum Gasteiger partial charge on any atom is 0.271 e. The second-order valence-electron chi connectivity index (χ2n) is 4.58. The lowest BCUT2D eigenvalue weighted by Gasteiger charge is -2.04. The third-order valence-electron chi connectivity index (χ3n) is 2.62. The normalized spacial score (nSPS) is 11.0. The molecule has 0 unspecified atom stereocenters. The fourth-order valence-electron chi connectivity index (χ4n) is 1.60. The van der Waals surface area contributed by atoms with Crippen molar-refractivity contribution in [3.05, 3.63) is 44.7 Å². The molecule has 0 spiro atoms. The monoisotopic (exact) mass is 339 g/mol. The van der Waals surface area contributed by atoms with Crippen molar-refractivity contribution >= 4 is 21.6 Å². The number of nitro groups is 1. The average molecular weight is 340 g/mol. The fourth-order valence-corrected chi connectivity index (χ4v) is 2.02. The molecular weight excluding hydrogens is 326 g/mol. The Balaban J connectivity index is 2.27. The van der Waals surface area contributed by atoms with Gasteiger partial charge >= 0.3 is 0 Å². The van der Waals surface area contributed by atoms with Gasteiger partial charge in [-0.1, -0.05) is 19.1 Å². The highest BCUT2D eigenvalue weighted by atomic mass is 79.9. The Kier molecular flexibility index (Phi) is 4.46. The van der Waals surface area contributed by atoms with Gasteiger partial charge in [0.1, 0.15) is 0 Å². The molecule has 0 saturated heterocycles. The summed E-state index contributed by atoms with van der Waals surface area (Å²) in [6, 6.07) is 4.87. The Bertz CT molecular complexity index is 626. The lowest BCUT2D eigenvalue weighted by atomic mass is 10.3. The van der Waals surface area contributed by atoms with Crippen LogP contribution in [0.15, 0.2) is 28.9 Å². The first-order chi connectivity index (χ1) is 9.47. The maximum atomic E-state index is 10.8. The van der Waals surface area contributed by atoms with Crippen LogP contribution in [0, 0.1) is 10.1 Å². The van der Waals surface area contributed by atoms with Crippen LogP contribution >= 0.6 is 15.9 Å². The van der Waals surface area contributed by atoms with Gasteiger partial charge in [-0.15, -0.1) is 5.10 Å². The molecule has 1 heterocycles. The number of rotatable bonds is 5. The summed E-state index contributed by atoms with van der Waals surface area (Å²) in [6.07, 6.45) is 1.75. The van der Waals surface area contributed by atoms with Crippen molar-refractivity contribution in [1.82, 2.24) is 20.3 Å². The van der Waals surface area contributed by atoms with Gasteiger partial charge in [0.05, 0.1) is 22.5 Å². The molecule has 2 aromatic rings. The van der Waals surface area contributed by atoms with Gasteiger partial charge in [0.2, 0.25) is 0 Å². The quantitative estimate of drug-likeness (QED) is 0.667. The second kappa shape index (κ2) is 6.10. The standard InChI is InChI=1S/C12H14BrN5O2/c1-8(2)14-6-9-7-17(16-15-9)12-5-10(18(19)20)3-4-11(12)13/h3-5,7-8,14H,6H2,1-2H3. The minimum atomic E-state index is -0.436. The zero-order chi connectivity index (χ0) is 14.7. The molecule has 20 heavy (non-hydrogen) atoms. The minimum Gasteiger partial charge on any atom is -0.309 e. The Labute approximate surface area is 124 Å². The number of nitro benzene ring substituents is 1. The van der Waals surface area contributed by atoms with Crippen LogP contribution in [0.3, 0.4) is 0 Å². The first kappa shape index (κ1) is 14.6. The molecular formula is C12H14BrN5O2. The third kappa shape index (κ3) is 3.40. The number of halogens is 1. The topological polar surface area (TPSA) is 85.9 Å². The summed E-state index contributed by atoms with van der Waals surface area (Å²) in [6.45, 7) is 4.69. The van der Waals surface area contributed by atoms with Crippen LogP contribution in [0.1, 0.15) is 19.5 Å². The van der Waals surface area contributed by atoms with Crippen molar-refractivity contribution in [2.75, 3.05) is 0 Å². The van der Waals surface area contributed by atoms with E-state index in [4.69, 9.17) is 0 Å². The molecule has 0 fully saturated rings. The van der Waals surface area contributed by atoms with Gasteiger partial charge in [-0.05, 0) is 22.0 Å². The molecule has 0 atom stereocenters. The van der Waals surface area contributed by atoms with E-state index in [2.05, 4.69) is 31.6 Å². The lowest BCUT2D eigenvalue weighted by molar-refractivity contribution is -0.384. The zero-order valence-electron chi connectivity index (χ0n) is 11.1. The second-order valence-corrected chi connectivity index (χ2v) is 5.44. The summed E-state index contributed by atoms with van der Waals surface area (Å²) < 4.78 is 2.24. The van der Waals surface area contributed by atoms with E-state index in [0.717, 1.165) is 10.2 Å².